The molecule has 1 aliphatic carbocycles. The summed E-state index contributed by atoms with van der Waals surface area (Å²) < 4.78 is 0. The molecule has 2 fully saturated rings. The summed E-state index contributed by atoms with van der Waals surface area (Å²) >= 11 is 0. The van der Waals surface area contributed by atoms with Crippen molar-refractivity contribution >= 4 is 11.8 Å². The summed E-state index contributed by atoms with van der Waals surface area (Å²) in [5.41, 5.74) is 0. The summed E-state index contributed by atoms with van der Waals surface area (Å²) in [5, 5.41) is 3.14. The lowest BCUT2D eigenvalue weighted by atomic mass is 9.97. The molecule has 2 amide bonds. The fraction of sp³-hybridized carbons (Fsp3) is 0.875. The summed E-state index contributed by atoms with van der Waals surface area (Å²) in [6.07, 6.45) is 12.3. The van der Waals surface area contributed by atoms with Crippen LogP contribution in [0, 0.1) is 0 Å². The Morgan fingerprint density at radius 3 is 2.40 bits per heavy atom. The van der Waals surface area contributed by atoms with Gasteiger partial charge in [-0.1, -0.05) is 38.5 Å². The highest BCUT2D eigenvalue weighted by Crippen LogP contribution is 2.17. The SMILES string of the molecule is O=C(CN1CCCCCC1=O)NC1CCCCCCC1. The molecule has 2 rings (SSSR count). The zero-order chi connectivity index (χ0) is 14.2. The molecule has 20 heavy (non-hydrogen) atoms. The predicted octanol–water partition coefficient (Wildman–Crippen LogP) is 2.62. The summed E-state index contributed by atoms with van der Waals surface area (Å²) in [4.78, 5) is 25.8. The van der Waals surface area contributed by atoms with Gasteiger partial charge in [-0.05, 0) is 25.7 Å². The second-order valence-corrected chi connectivity index (χ2v) is 6.24. The zero-order valence-electron chi connectivity index (χ0n) is 12.5. The molecule has 4 nitrogen and oxygen atoms in total. The number of rotatable bonds is 3. The monoisotopic (exact) mass is 280 g/mol. The molecule has 0 atom stereocenters. The largest absolute Gasteiger partial charge is 0.352 e. The van der Waals surface area contributed by atoms with E-state index in [2.05, 4.69) is 5.32 Å². The standard InChI is InChI=1S/C16H28N2O2/c19-15(13-18-12-8-4-7-11-16(18)20)17-14-9-5-2-1-3-6-10-14/h14H,1-13H2,(H,17,19). The maximum absolute atomic E-state index is 12.1. The Balaban J connectivity index is 1.76. The predicted molar refractivity (Wildman–Crippen MR) is 79.3 cm³/mol. The quantitative estimate of drug-likeness (QED) is 0.864. The van der Waals surface area contributed by atoms with E-state index in [0.717, 1.165) is 38.6 Å². The number of nitrogens with zero attached hydrogens (tertiary/aromatic N) is 1. The van der Waals surface area contributed by atoms with Crippen molar-refractivity contribution in [1.82, 2.24) is 10.2 Å². The van der Waals surface area contributed by atoms with Crippen LogP contribution in [-0.2, 0) is 9.59 Å². The first-order valence-electron chi connectivity index (χ1n) is 8.33. The third-order valence-electron chi connectivity index (χ3n) is 4.48. The normalized spacial score (nSPS) is 22.8. The van der Waals surface area contributed by atoms with Gasteiger partial charge in [0.1, 0.15) is 0 Å². The Morgan fingerprint density at radius 2 is 1.65 bits per heavy atom. The van der Waals surface area contributed by atoms with Gasteiger partial charge in [0.15, 0.2) is 0 Å². The molecule has 0 radical (unpaired) electrons. The van der Waals surface area contributed by atoms with E-state index in [9.17, 15) is 9.59 Å². The van der Waals surface area contributed by atoms with Gasteiger partial charge in [-0.15, -0.1) is 0 Å². The Labute approximate surface area is 122 Å². The molecule has 4 heteroatoms. The van der Waals surface area contributed by atoms with Crippen LogP contribution in [0.3, 0.4) is 0 Å². The molecule has 1 saturated carbocycles. The smallest absolute Gasteiger partial charge is 0.239 e. The first-order valence-corrected chi connectivity index (χ1v) is 8.33. The molecular formula is C16H28N2O2. The van der Waals surface area contributed by atoms with Gasteiger partial charge >= 0.3 is 0 Å². The Bertz CT molecular complexity index is 322. The Morgan fingerprint density at radius 1 is 1.00 bits per heavy atom. The highest BCUT2D eigenvalue weighted by atomic mass is 16.2. The molecule has 0 unspecified atom stereocenters. The van der Waals surface area contributed by atoms with Crippen LogP contribution in [0.25, 0.3) is 0 Å². The number of hydrogen-bond donors (Lipinski definition) is 1. The molecule has 1 heterocycles. The fourth-order valence-corrected chi connectivity index (χ4v) is 3.25. The van der Waals surface area contributed by atoms with Gasteiger partial charge < -0.3 is 10.2 Å². The molecule has 2 aliphatic rings. The van der Waals surface area contributed by atoms with Crippen molar-refractivity contribution in [2.75, 3.05) is 13.1 Å². The van der Waals surface area contributed by atoms with Crippen molar-refractivity contribution in [2.45, 2.75) is 76.7 Å². The summed E-state index contributed by atoms with van der Waals surface area (Å²) in [6.45, 7) is 1.01. The first-order chi connectivity index (χ1) is 9.75. The number of likely N-dealkylation sites (tertiary alicyclic amines) is 1. The van der Waals surface area contributed by atoms with Crippen LogP contribution in [-0.4, -0.2) is 35.8 Å². The van der Waals surface area contributed by atoms with Gasteiger partial charge in [0, 0.05) is 19.0 Å². The number of amides is 2. The molecule has 1 N–H and O–H groups in total. The van der Waals surface area contributed by atoms with Crippen LogP contribution in [0.5, 0.6) is 0 Å². The van der Waals surface area contributed by atoms with E-state index in [1.54, 1.807) is 4.90 Å². The molecule has 0 aromatic heterocycles. The highest BCUT2D eigenvalue weighted by Gasteiger charge is 2.21. The molecule has 1 saturated heterocycles. The van der Waals surface area contributed by atoms with E-state index in [1.807, 2.05) is 0 Å². The van der Waals surface area contributed by atoms with E-state index in [0.29, 0.717) is 12.5 Å². The number of carbonyl (C=O) groups excluding carboxylic acids is 2. The average molecular weight is 280 g/mol. The minimum Gasteiger partial charge on any atom is -0.352 e. The fourth-order valence-electron chi connectivity index (χ4n) is 3.25. The first kappa shape index (κ1) is 15.3. The van der Waals surface area contributed by atoms with Crippen molar-refractivity contribution < 1.29 is 9.59 Å². The van der Waals surface area contributed by atoms with E-state index < -0.39 is 0 Å². The third kappa shape index (κ3) is 5.14. The summed E-state index contributed by atoms with van der Waals surface area (Å²) in [7, 11) is 0. The summed E-state index contributed by atoms with van der Waals surface area (Å²) in [5.74, 6) is 0.182. The van der Waals surface area contributed by atoms with Crippen LogP contribution < -0.4 is 5.32 Å². The number of nitrogens with one attached hydrogen (secondary N) is 1. The summed E-state index contributed by atoms with van der Waals surface area (Å²) in [6, 6.07) is 0.324. The van der Waals surface area contributed by atoms with Gasteiger partial charge in [0.2, 0.25) is 11.8 Å². The van der Waals surface area contributed by atoms with Crippen LogP contribution >= 0.6 is 0 Å². The van der Waals surface area contributed by atoms with E-state index in [-0.39, 0.29) is 18.4 Å². The second-order valence-electron chi connectivity index (χ2n) is 6.24. The molecule has 114 valence electrons. The zero-order valence-corrected chi connectivity index (χ0v) is 12.5. The average Bonchev–Trinajstić information content (AvgIpc) is 2.58. The van der Waals surface area contributed by atoms with Crippen molar-refractivity contribution in [2.24, 2.45) is 0 Å². The van der Waals surface area contributed by atoms with Gasteiger partial charge in [-0.2, -0.15) is 0 Å². The lowest BCUT2D eigenvalue weighted by Gasteiger charge is -2.24. The number of hydrogen-bond acceptors (Lipinski definition) is 2. The highest BCUT2D eigenvalue weighted by molar-refractivity contribution is 5.85. The minimum absolute atomic E-state index is 0.0332. The van der Waals surface area contributed by atoms with Crippen LogP contribution in [0.2, 0.25) is 0 Å². The van der Waals surface area contributed by atoms with Crippen molar-refractivity contribution in [3.05, 3.63) is 0 Å². The van der Waals surface area contributed by atoms with E-state index in [1.165, 1.54) is 32.1 Å². The lowest BCUT2D eigenvalue weighted by molar-refractivity contribution is -0.135. The van der Waals surface area contributed by atoms with Gasteiger partial charge in [-0.3, -0.25) is 9.59 Å². The van der Waals surface area contributed by atoms with Crippen LogP contribution in [0.1, 0.15) is 70.6 Å². The topological polar surface area (TPSA) is 49.4 Å². The molecular weight excluding hydrogens is 252 g/mol. The van der Waals surface area contributed by atoms with E-state index in [4.69, 9.17) is 0 Å². The third-order valence-corrected chi connectivity index (χ3v) is 4.48. The van der Waals surface area contributed by atoms with E-state index >= 15 is 0 Å². The lowest BCUT2D eigenvalue weighted by Crippen LogP contribution is -2.44. The van der Waals surface area contributed by atoms with Gasteiger partial charge in [-0.25, -0.2) is 0 Å². The maximum atomic E-state index is 12.1. The molecule has 0 spiro atoms. The van der Waals surface area contributed by atoms with Crippen molar-refractivity contribution in [1.29, 1.82) is 0 Å². The second kappa shape index (κ2) is 8.28. The van der Waals surface area contributed by atoms with Crippen LogP contribution in [0.15, 0.2) is 0 Å². The Hall–Kier alpha value is -1.06. The maximum Gasteiger partial charge on any atom is 0.239 e. The Kier molecular flexibility index (Phi) is 6.34. The number of carbonyl (C=O) groups is 2. The van der Waals surface area contributed by atoms with Gasteiger partial charge in [0.05, 0.1) is 6.54 Å². The van der Waals surface area contributed by atoms with Crippen molar-refractivity contribution in [3.8, 4) is 0 Å². The molecule has 0 bridgehead atoms. The van der Waals surface area contributed by atoms with Crippen molar-refractivity contribution in [3.63, 3.8) is 0 Å². The molecule has 0 aromatic carbocycles. The molecule has 0 aromatic rings. The minimum atomic E-state index is 0.0332. The van der Waals surface area contributed by atoms with Crippen LogP contribution in [0.4, 0.5) is 0 Å². The molecule has 1 aliphatic heterocycles. The van der Waals surface area contributed by atoms with Gasteiger partial charge in [0.25, 0.3) is 0 Å².